The van der Waals surface area contributed by atoms with E-state index in [0.29, 0.717) is 0 Å². The molecule has 154 valence electrons. The van der Waals surface area contributed by atoms with Crippen LogP contribution in [0.25, 0.3) is 0 Å². The number of nitrogens with one attached hydrogen (secondary N) is 1. The number of aliphatic hydroxyl groups is 1. The van der Waals surface area contributed by atoms with E-state index in [2.05, 4.69) is 5.32 Å². The van der Waals surface area contributed by atoms with Crippen molar-refractivity contribution in [3.05, 3.63) is 24.2 Å². The molecule has 1 aromatic rings. The summed E-state index contributed by atoms with van der Waals surface area (Å²) >= 11 is 0. The molecule has 1 aliphatic rings. The van der Waals surface area contributed by atoms with Crippen LogP contribution in [0.2, 0.25) is 0 Å². The van der Waals surface area contributed by atoms with Crippen LogP contribution in [0.3, 0.4) is 0 Å². The van der Waals surface area contributed by atoms with E-state index in [-0.39, 0.29) is 12.4 Å². The third-order valence-corrected chi connectivity index (χ3v) is 3.76. The van der Waals surface area contributed by atoms with Crippen LogP contribution in [0, 0.1) is 0 Å². The van der Waals surface area contributed by atoms with Gasteiger partial charge in [-0.3, -0.25) is 19.2 Å². The molecule has 0 bridgehead atoms. The van der Waals surface area contributed by atoms with Crippen LogP contribution in [0.5, 0.6) is 0 Å². The van der Waals surface area contributed by atoms with Gasteiger partial charge in [0.05, 0.1) is 6.26 Å². The zero-order chi connectivity index (χ0) is 20.8. The number of hydrogen-bond donors (Lipinski definition) is 2. The summed E-state index contributed by atoms with van der Waals surface area (Å²) in [6.45, 7) is 3.02. The Kier molecular flexibility index (Phi) is 7.12. The number of carbonyl (C=O) groups excluding carboxylic acids is 4. The molecule has 1 saturated heterocycles. The Morgan fingerprint density at radius 1 is 1.07 bits per heavy atom. The lowest BCUT2D eigenvalue weighted by Gasteiger charge is -2.43. The summed E-state index contributed by atoms with van der Waals surface area (Å²) in [5.74, 6) is -2.88. The number of esters is 3. The topological polar surface area (TPSA) is 151 Å². The van der Waals surface area contributed by atoms with Gasteiger partial charge in [0, 0.05) is 20.8 Å². The fraction of sp³-hybridized carbons (Fsp3) is 0.529. The molecule has 0 saturated carbocycles. The van der Waals surface area contributed by atoms with E-state index in [1.54, 1.807) is 0 Å². The van der Waals surface area contributed by atoms with E-state index in [1.165, 1.54) is 18.4 Å². The molecule has 2 N–H and O–H groups in total. The van der Waals surface area contributed by atoms with Gasteiger partial charge in [0.2, 0.25) is 0 Å². The van der Waals surface area contributed by atoms with Crippen molar-refractivity contribution in [1.82, 2.24) is 5.32 Å². The third kappa shape index (κ3) is 5.54. The molecule has 0 spiro atoms. The maximum Gasteiger partial charge on any atom is 0.303 e. The van der Waals surface area contributed by atoms with Gasteiger partial charge in [0.25, 0.3) is 5.91 Å². The highest BCUT2D eigenvalue weighted by atomic mass is 16.7. The number of hydrogen-bond acceptors (Lipinski definition) is 10. The van der Waals surface area contributed by atoms with Gasteiger partial charge < -0.3 is 33.8 Å². The van der Waals surface area contributed by atoms with Crippen molar-refractivity contribution in [3.63, 3.8) is 0 Å². The van der Waals surface area contributed by atoms with Crippen LogP contribution in [0.15, 0.2) is 22.8 Å². The van der Waals surface area contributed by atoms with Gasteiger partial charge in [-0.1, -0.05) is 0 Å². The summed E-state index contributed by atoms with van der Waals surface area (Å²) in [7, 11) is 0. The molecule has 2 heterocycles. The summed E-state index contributed by atoms with van der Waals surface area (Å²) in [5.41, 5.74) is 0. The molecule has 28 heavy (non-hydrogen) atoms. The fourth-order valence-electron chi connectivity index (χ4n) is 2.70. The normalized spacial score (nSPS) is 26.8. The Morgan fingerprint density at radius 3 is 2.25 bits per heavy atom. The average molecular weight is 399 g/mol. The molecule has 11 nitrogen and oxygen atoms in total. The number of carbonyl (C=O) groups is 4. The predicted molar refractivity (Wildman–Crippen MR) is 88.6 cm³/mol. The highest BCUT2D eigenvalue weighted by molar-refractivity contribution is 5.91. The summed E-state index contributed by atoms with van der Waals surface area (Å²) < 4.78 is 25.6. The quantitative estimate of drug-likeness (QED) is 0.474. The van der Waals surface area contributed by atoms with Gasteiger partial charge in [-0.05, 0) is 12.1 Å². The zero-order valence-corrected chi connectivity index (χ0v) is 15.4. The van der Waals surface area contributed by atoms with Crippen LogP contribution in [-0.4, -0.2) is 66.2 Å². The Hall–Kier alpha value is -2.92. The van der Waals surface area contributed by atoms with Gasteiger partial charge in [0.15, 0.2) is 24.3 Å². The average Bonchev–Trinajstić information content (AvgIpc) is 3.12. The number of aliphatic hydroxyl groups excluding tert-OH is 1. The lowest BCUT2D eigenvalue weighted by molar-refractivity contribution is -0.263. The van der Waals surface area contributed by atoms with Crippen molar-refractivity contribution >= 4 is 23.8 Å². The molecule has 1 fully saturated rings. The molecular formula is C17H21NO10. The maximum absolute atomic E-state index is 12.3. The van der Waals surface area contributed by atoms with E-state index in [4.69, 9.17) is 23.4 Å². The number of rotatable bonds is 6. The first-order chi connectivity index (χ1) is 13.2. The van der Waals surface area contributed by atoms with Crippen LogP contribution < -0.4 is 5.32 Å². The molecule has 1 aromatic heterocycles. The molecule has 1 amide bonds. The van der Waals surface area contributed by atoms with Gasteiger partial charge in [-0.15, -0.1) is 0 Å². The highest BCUT2D eigenvalue weighted by Gasteiger charge is 2.50. The van der Waals surface area contributed by atoms with Gasteiger partial charge in [0.1, 0.15) is 18.8 Å². The van der Waals surface area contributed by atoms with E-state index in [0.717, 1.165) is 20.8 Å². The highest BCUT2D eigenvalue weighted by Crippen LogP contribution is 2.26. The first kappa shape index (κ1) is 21.4. The molecule has 2 rings (SSSR count). The van der Waals surface area contributed by atoms with Crippen LogP contribution in [-0.2, 0) is 33.3 Å². The molecule has 0 unspecified atom stereocenters. The SMILES string of the molecule is CC(=O)OC[C@H]1O[C@@H](O)[C@@H](NC(=O)c2ccco2)[C@@H](OC(C)=O)[C@H]1OC(C)=O. The smallest absolute Gasteiger partial charge is 0.303 e. The van der Waals surface area contributed by atoms with E-state index >= 15 is 0 Å². The van der Waals surface area contributed by atoms with Crippen molar-refractivity contribution in [3.8, 4) is 0 Å². The zero-order valence-electron chi connectivity index (χ0n) is 15.4. The van der Waals surface area contributed by atoms with Crippen LogP contribution >= 0.6 is 0 Å². The minimum Gasteiger partial charge on any atom is -0.463 e. The number of furan rings is 1. The lowest BCUT2D eigenvalue weighted by atomic mass is 9.96. The molecule has 1 aliphatic heterocycles. The first-order valence-corrected chi connectivity index (χ1v) is 8.34. The number of amides is 1. The summed E-state index contributed by atoms with van der Waals surface area (Å²) in [6, 6.07) is 1.59. The predicted octanol–water partition coefficient (Wildman–Crippen LogP) is -0.478. The van der Waals surface area contributed by atoms with Crippen LogP contribution in [0.1, 0.15) is 31.3 Å². The van der Waals surface area contributed by atoms with Crippen molar-refractivity contribution in [2.24, 2.45) is 0 Å². The lowest BCUT2D eigenvalue weighted by Crippen LogP contribution is -2.66. The molecule has 0 aliphatic carbocycles. The number of ether oxygens (including phenoxy) is 4. The van der Waals surface area contributed by atoms with Crippen LogP contribution in [0.4, 0.5) is 0 Å². The largest absolute Gasteiger partial charge is 0.463 e. The molecule has 0 radical (unpaired) electrons. The Morgan fingerprint density at radius 2 is 1.71 bits per heavy atom. The maximum atomic E-state index is 12.3. The Balaban J connectivity index is 2.29. The van der Waals surface area contributed by atoms with Crippen molar-refractivity contribution < 1.29 is 47.6 Å². The Bertz CT molecular complexity index is 716. The van der Waals surface area contributed by atoms with E-state index in [1.807, 2.05) is 0 Å². The van der Waals surface area contributed by atoms with E-state index in [9.17, 15) is 24.3 Å². The van der Waals surface area contributed by atoms with Crippen molar-refractivity contribution in [1.29, 1.82) is 0 Å². The minimum atomic E-state index is -1.66. The second-order valence-corrected chi connectivity index (χ2v) is 5.99. The second-order valence-electron chi connectivity index (χ2n) is 5.99. The summed E-state index contributed by atoms with van der Waals surface area (Å²) in [6.07, 6.45) is -4.08. The van der Waals surface area contributed by atoms with Gasteiger partial charge in [-0.2, -0.15) is 0 Å². The monoisotopic (exact) mass is 399 g/mol. The van der Waals surface area contributed by atoms with Crippen molar-refractivity contribution in [2.75, 3.05) is 6.61 Å². The molecule has 5 atom stereocenters. The molecular weight excluding hydrogens is 378 g/mol. The van der Waals surface area contributed by atoms with Gasteiger partial charge >= 0.3 is 17.9 Å². The molecule has 0 aromatic carbocycles. The second kappa shape index (κ2) is 9.33. The summed E-state index contributed by atoms with van der Waals surface area (Å²) in [5, 5.41) is 12.8. The van der Waals surface area contributed by atoms with Crippen molar-refractivity contribution in [2.45, 2.75) is 51.4 Å². The van der Waals surface area contributed by atoms with Gasteiger partial charge in [-0.25, -0.2) is 0 Å². The minimum absolute atomic E-state index is 0.0557. The standard InChI is InChI=1S/C17H21NO10/c1-8(19)25-7-12-14(26-9(2)20)15(27-10(3)21)13(17(23)28-12)18-16(22)11-5-4-6-24-11/h4-6,12-15,17,23H,7H2,1-3H3,(H,18,22)/t12-,13+,14+,15-,17-/m1/s1. The third-order valence-electron chi connectivity index (χ3n) is 3.76. The van der Waals surface area contributed by atoms with E-state index < -0.39 is 54.5 Å². The Labute approximate surface area is 159 Å². The fourth-order valence-corrected chi connectivity index (χ4v) is 2.70. The summed E-state index contributed by atoms with van der Waals surface area (Å²) in [4.78, 5) is 46.5. The first-order valence-electron chi connectivity index (χ1n) is 8.34. The molecule has 11 heteroatoms.